The van der Waals surface area contributed by atoms with E-state index < -0.39 is 0 Å². The lowest BCUT2D eigenvalue weighted by atomic mass is 9.95. The number of carbonyl (C=O) groups is 1. The van der Waals surface area contributed by atoms with Crippen molar-refractivity contribution < 1.29 is 4.79 Å². The summed E-state index contributed by atoms with van der Waals surface area (Å²) >= 11 is 0. The molecule has 1 aliphatic heterocycles. The van der Waals surface area contributed by atoms with E-state index in [0.717, 1.165) is 78.9 Å². The lowest BCUT2D eigenvalue weighted by molar-refractivity contribution is -0.122. The van der Waals surface area contributed by atoms with Crippen molar-refractivity contribution in [3.63, 3.8) is 0 Å². The van der Waals surface area contributed by atoms with Crippen LogP contribution in [0.4, 0.5) is 11.4 Å². The van der Waals surface area contributed by atoms with Crippen molar-refractivity contribution in [3.05, 3.63) is 58.1 Å². The third kappa shape index (κ3) is 5.63. The van der Waals surface area contributed by atoms with E-state index in [9.17, 15) is 4.79 Å². The molecule has 1 saturated heterocycles. The maximum atomic E-state index is 13.1. The zero-order valence-corrected chi connectivity index (χ0v) is 20.4. The molecule has 1 amide bonds. The number of likely N-dealkylation sites (tertiary alicyclic amines) is 1. The molecule has 1 unspecified atom stereocenters. The summed E-state index contributed by atoms with van der Waals surface area (Å²) in [7, 11) is 0. The summed E-state index contributed by atoms with van der Waals surface area (Å²) < 4.78 is 0. The largest absolute Gasteiger partial charge is 0.398 e. The van der Waals surface area contributed by atoms with Crippen molar-refractivity contribution >= 4 is 17.3 Å². The minimum atomic E-state index is -0.245. The number of nitrogens with zero attached hydrogens (tertiary/aromatic N) is 1. The molecule has 0 bridgehead atoms. The Balaban J connectivity index is 1.53. The Morgan fingerprint density at radius 2 is 1.62 bits per heavy atom. The van der Waals surface area contributed by atoms with Gasteiger partial charge in [-0.25, -0.2) is 0 Å². The van der Waals surface area contributed by atoms with Gasteiger partial charge in [0.15, 0.2) is 0 Å². The van der Waals surface area contributed by atoms with Crippen molar-refractivity contribution in [2.24, 2.45) is 0 Å². The zero-order valence-electron chi connectivity index (χ0n) is 20.4. The van der Waals surface area contributed by atoms with Crippen LogP contribution < -0.4 is 16.4 Å². The van der Waals surface area contributed by atoms with Gasteiger partial charge in [0, 0.05) is 37.1 Å². The number of nitrogens with two attached hydrogens (primary N) is 1. The van der Waals surface area contributed by atoms with Crippen LogP contribution in [-0.4, -0.2) is 42.5 Å². The molecular weight excluding hydrogens is 396 g/mol. The quantitative estimate of drug-likeness (QED) is 0.532. The lowest BCUT2D eigenvalue weighted by Crippen LogP contribution is -2.49. The molecule has 2 aromatic rings. The van der Waals surface area contributed by atoms with Gasteiger partial charge in [-0.1, -0.05) is 37.3 Å². The number of hydrogen-bond acceptors (Lipinski definition) is 4. The summed E-state index contributed by atoms with van der Waals surface area (Å²) in [6, 6.07) is 10.7. The highest BCUT2D eigenvalue weighted by Gasteiger charge is 2.25. The van der Waals surface area contributed by atoms with Crippen LogP contribution in [0.3, 0.4) is 0 Å². The van der Waals surface area contributed by atoms with Crippen molar-refractivity contribution in [1.82, 2.24) is 10.2 Å². The molecule has 1 fully saturated rings. The number of carbonyl (C=O) groups excluding carboxylic acids is 1. The topological polar surface area (TPSA) is 70.4 Å². The minimum absolute atomic E-state index is 0.0983. The van der Waals surface area contributed by atoms with Crippen molar-refractivity contribution in [2.75, 3.05) is 30.7 Å². The van der Waals surface area contributed by atoms with Crippen LogP contribution in [-0.2, 0) is 11.2 Å². The Morgan fingerprint density at radius 3 is 2.19 bits per heavy atom. The average molecular weight is 437 g/mol. The van der Waals surface area contributed by atoms with Crippen molar-refractivity contribution in [2.45, 2.75) is 72.4 Å². The van der Waals surface area contributed by atoms with E-state index in [1.807, 2.05) is 0 Å². The number of hydrogen-bond donors (Lipinski definition) is 3. The average Bonchev–Trinajstić information content (AvgIpc) is 2.82. The molecule has 5 heteroatoms. The van der Waals surface area contributed by atoms with Crippen molar-refractivity contribution in [3.8, 4) is 0 Å². The number of anilines is 2. The Hall–Kier alpha value is -2.53. The van der Waals surface area contributed by atoms with Gasteiger partial charge in [-0.15, -0.1) is 0 Å². The van der Waals surface area contributed by atoms with E-state index in [-0.39, 0.29) is 18.0 Å². The second-order valence-electron chi connectivity index (χ2n) is 9.25. The summed E-state index contributed by atoms with van der Waals surface area (Å²) in [5, 5.41) is 6.84. The Bertz CT molecular complexity index is 888. The first-order valence-corrected chi connectivity index (χ1v) is 12.0. The van der Waals surface area contributed by atoms with Gasteiger partial charge in [0.25, 0.3) is 0 Å². The Kier molecular flexibility index (Phi) is 8.19. The first-order chi connectivity index (χ1) is 15.3. The highest BCUT2D eigenvalue weighted by Crippen LogP contribution is 2.32. The van der Waals surface area contributed by atoms with E-state index in [2.05, 4.69) is 80.5 Å². The fourth-order valence-corrected chi connectivity index (χ4v) is 4.62. The van der Waals surface area contributed by atoms with E-state index in [1.54, 1.807) is 0 Å². The van der Waals surface area contributed by atoms with Gasteiger partial charge in [-0.3, -0.25) is 4.79 Å². The predicted molar refractivity (Wildman–Crippen MR) is 135 cm³/mol. The fourth-order valence-electron chi connectivity index (χ4n) is 4.62. The smallest absolute Gasteiger partial charge is 0.242 e. The molecule has 32 heavy (non-hydrogen) atoms. The van der Waals surface area contributed by atoms with E-state index in [0.29, 0.717) is 0 Å². The molecule has 174 valence electrons. The summed E-state index contributed by atoms with van der Waals surface area (Å²) in [6.07, 6.45) is 3.84. The molecule has 2 aromatic carbocycles. The molecule has 0 aromatic heterocycles. The summed E-state index contributed by atoms with van der Waals surface area (Å²) in [5.41, 5.74) is 14.0. The normalized spacial score (nSPS) is 16.0. The van der Waals surface area contributed by atoms with Crippen LogP contribution in [0.5, 0.6) is 0 Å². The molecule has 0 saturated carbocycles. The molecule has 3 rings (SSSR count). The molecule has 4 N–H and O–H groups in total. The molecule has 0 aliphatic carbocycles. The third-order valence-corrected chi connectivity index (χ3v) is 7.22. The molecular formula is C27H40N4O. The highest BCUT2D eigenvalue weighted by atomic mass is 16.2. The Morgan fingerprint density at radius 1 is 1.03 bits per heavy atom. The van der Waals surface area contributed by atoms with Crippen LogP contribution in [0.25, 0.3) is 0 Å². The number of amides is 1. The zero-order chi connectivity index (χ0) is 23.3. The van der Waals surface area contributed by atoms with Gasteiger partial charge in [0.2, 0.25) is 5.91 Å². The first-order valence-electron chi connectivity index (χ1n) is 12.0. The van der Waals surface area contributed by atoms with Gasteiger partial charge in [0.05, 0.1) is 0 Å². The maximum Gasteiger partial charge on any atom is 0.242 e. The molecule has 0 spiro atoms. The van der Waals surface area contributed by atoms with Crippen LogP contribution in [0.1, 0.15) is 54.0 Å². The molecule has 1 heterocycles. The van der Waals surface area contributed by atoms with Gasteiger partial charge in [0.1, 0.15) is 6.04 Å². The second kappa shape index (κ2) is 10.9. The van der Waals surface area contributed by atoms with Crippen LogP contribution >= 0.6 is 0 Å². The fraction of sp³-hybridized carbons (Fsp3) is 0.519. The van der Waals surface area contributed by atoms with Crippen molar-refractivity contribution in [1.29, 1.82) is 0 Å². The predicted octanol–water partition coefficient (Wildman–Crippen LogP) is 4.52. The number of nitrogens with one attached hydrogen (secondary N) is 2. The van der Waals surface area contributed by atoms with Gasteiger partial charge in [-0.05, 0) is 81.2 Å². The number of nitrogen functional groups attached to an aromatic ring is 1. The van der Waals surface area contributed by atoms with E-state index in [4.69, 9.17) is 5.73 Å². The minimum Gasteiger partial charge on any atom is -0.398 e. The summed E-state index contributed by atoms with van der Waals surface area (Å²) in [4.78, 5) is 15.6. The highest BCUT2D eigenvalue weighted by molar-refractivity contribution is 5.86. The molecule has 0 radical (unpaired) electrons. The third-order valence-electron chi connectivity index (χ3n) is 7.22. The number of piperidine rings is 1. The van der Waals surface area contributed by atoms with E-state index in [1.165, 1.54) is 5.56 Å². The van der Waals surface area contributed by atoms with Crippen LogP contribution in [0.2, 0.25) is 0 Å². The Labute approximate surface area is 193 Å². The van der Waals surface area contributed by atoms with Crippen LogP contribution in [0, 0.1) is 27.7 Å². The number of benzene rings is 2. The standard InChI is InChI=1S/C27H40N4O/c1-6-24(30-26-20(4)18(2)25(28)19(3)21(26)5)27(32)29-23-13-16-31(17-14-23)15-12-22-10-8-7-9-11-22/h7-11,23-24,30H,6,12-17,28H2,1-5H3,(H,29,32). The van der Waals surface area contributed by atoms with Gasteiger partial charge < -0.3 is 21.3 Å². The molecule has 1 aliphatic rings. The van der Waals surface area contributed by atoms with E-state index >= 15 is 0 Å². The monoisotopic (exact) mass is 436 g/mol. The summed E-state index contributed by atoms with van der Waals surface area (Å²) in [5.74, 6) is 0.0983. The van der Waals surface area contributed by atoms with Gasteiger partial charge >= 0.3 is 0 Å². The number of rotatable bonds is 8. The van der Waals surface area contributed by atoms with Gasteiger partial charge in [-0.2, -0.15) is 0 Å². The molecule has 5 nitrogen and oxygen atoms in total. The maximum absolute atomic E-state index is 13.1. The SMILES string of the molecule is CCC(Nc1c(C)c(C)c(N)c(C)c1C)C(=O)NC1CCN(CCc2ccccc2)CC1. The summed E-state index contributed by atoms with van der Waals surface area (Å²) in [6.45, 7) is 13.5. The van der Waals surface area contributed by atoms with Crippen LogP contribution in [0.15, 0.2) is 30.3 Å². The lowest BCUT2D eigenvalue weighted by Gasteiger charge is -2.33. The molecule has 1 atom stereocenters. The second-order valence-corrected chi connectivity index (χ2v) is 9.25. The first kappa shape index (κ1) is 24.1.